The molecule has 1 fully saturated rings. The highest BCUT2D eigenvalue weighted by Crippen LogP contribution is 2.46. The van der Waals surface area contributed by atoms with Crippen LogP contribution in [-0.2, 0) is 10.1 Å². The van der Waals surface area contributed by atoms with E-state index >= 15 is 0 Å². The van der Waals surface area contributed by atoms with Crippen molar-refractivity contribution in [2.45, 2.75) is 24.3 Å². The van der Waals surface area contributed by atoms with Crippen LogP contribution in [0.15, 0.2) is 18.2 Å². The van der Waals surface area contributed by atoms with E-state index in [0.29, 0.717) is 10.6 Å². The van der Waals surface area contributed by atoms with Crippen molar-refractivity contribution < 1.29 is 25.8 Å². The highest BCUT2D eigenvalue weighted by molar-refractivity contribution is 7.88. The molecule has 8 heteroatoms. The summed E-state index contributed by atoms with van der Waals surface area (Å²) in [6, 6.07) is 3.86. The first-order valence-corrected chi connectivity index (χ1v) is 6.79. The fraction of sp³-hybridized carbons (Fsp3) is 0.400. The second kappa shape index (κ2) is 4.31. The third-order valence-corrected chi connectivity index (χ3v) is 3.67. The molecule has 0 N–H and O–H groups in total. The van der Waals surface area contributed by atoms with Gasteiger partial charge in [0.1, 0.15) is 5.75 Å². The Morgan fingerprint density at radius 1 is 1.28 bits per heavy atom. The minimum absolute atomic E-state index is 0.0159. The Kier molecular flexibility index (Phi) is 3.23. The highest BCUT2D eigenvalue weighted by Gasteiger charge is 2.49. The quantitative estimate of drug-likeness (QED) is 0.634. The Bertz CT molecular complexity index is 564. The number of rotatable bonds is 3. The molecule has 1 aromatic rings. The van der Waals surface area contributed by atoms with Crippen molar-refractivity contribution in [2.75, 3.05) is 0 Å². The minimum atomic E-state index is -5.63. The van der Waals surface area contributed by atoms with Gasteiger partial charge in [-0.2, -0.15) is 21.6 Å². The molecule has 0 amide bonds. The Hall–Kier alpha value is -0.950. The van der Waals surface area contributed by atoms with Crippen molar-refractivity contribution in [1.29, 1.82) is 0 Å². The van der Waals surface area contributed by atoms with Crippen LogP contribution in [0, 0.1) is 0 Å². The van der Waals surface area contributed by atoms with Crippen LogP contribution in [0.5, 0.6) is 5.75 Å². The van der Waals surface area contributed by atoms with Crippen molar-refractivity contribution in [3.05, 3.63) is 28.8 Å². The molecule has 1 aliphatic rings. The molecule has 0 bridgehead atoms. The second-order valence-corrected chi connectivity index (χ2v) is 5.91. The zero-order valence-corrected chi connectivity index (χ0v) is 10.4. The first-order chi connectivity index (χ1) is 8.21. The molecule has 0 heterocycles. The van der Waals surface area contributed by atoms with Crippen molar-refractivity contribution in [1.82, 2.24) is 0 Å². The number of halogens is 4. The van der Waals surface area contributed by atoms with Crippen LogP contribution in [0.25, 0.3) is 0 Å². The van der Waals surface area contributed by atoms with E-state index in [1.54, 1.807) is 0 Å². The van der Waals surface area contributed by atoms with Crippen molar-refractivity contribution in [3.8, 4) is 5.75 Å². The van der Waals surface area contributed by atoms with Crippen LogP contribution in [0.4, 0.5) is 13.2 Å². The van der Waals surface area contributed by atoms with Gasteiger partial charge >= 0.3 is 15.6 Å². The molecule has 1 aliphatic carbocycles. The van der Waals surface area contributed by atoms with Crippen LogP contribution in [0.1, 0.15) is 24.3 Å². The zero-order chi connectivity index (χ0) is 13.6. The van der Waals surface area contributed by atoms with E-state index in [0.717, 1.165) is 18.9 Å². The number of benzene rings is 1. The molecule has 0 aliphatic heterocycles. The third-order valence-electron chi connectivity index (χ3n) is 2.47. The Balaban J connectivity index is 2.35. The molecule has 1 aromatic carbocycles. The van der Waals surface area contributed by atoms with E-state index < -0.39 is 15.6 Å². The summed E-state index contributed by atoms with van der Waals surface area (Å²) in [6.45, 7) is 0. The lowest BCUT2D eigenvalue weighted by Gasteiger charge is -2.12. The van der Waals surface area contributed by atoms with Gasteiger partial charge in [-0.1, -0.05) is 11.6 Å². The van der Waals surface area contributed by atoms with E-state index in [1.165, 1.54) is 12.1 Å². The molecule has 0 radical (unpaired) electrons. The maximum atomic E-state index is 12.2. The molecule has 0 aromatic heterocycles. The lowest BCUT2D eigenvalue weighted by Crippen LogP contribution is -2.28. The average molecular weight is 301 g/mol. The summed E-state index contributed by atoms with van der Waals surface area (Å²) in [5.41, 5.74) is -5.04. The van der Waals surface area contributed by atoms with Gasteiger partial charge < -0.3 is 4.18 Å². The summed E-state index contributed by atoms with van der Waals surface area (Å²) in [7, 11) is -5.63. The first kappa shape index (κ1) is 13.5. The molecule has 100 valence electrons. The molecule has 1 saturated carbocycles. The van der Waals surface area contributed by atoms with E-state index in [-0.39, 0.29) is 11.7 Å². The SMILES string of the molecule is O=S(=O)(Oc1ccc(Cl)cc1C1CC1)C(F)(F)F. The van der Waals surface area contributed by atoms with E-state index in [1.807, 2.05) is 0 Å². The number of hydrogen-bond acceptors (Lipinski definition) is 3. The molecule has 18 heavy (non-hydrogen) atoms. The molecule has 3 nitrogen and oxygen atoms in total. The molecular formula is C10H8ClF3O3S. The maximum Gasteiger partial charge on any atom is 0.534 e. The molecule has 2 rings (SSSR count). The topological polar surface area (TPSA) is 43.4 Å². The normalized spacial score (nSPS) is 16.7. The minimum Gasteiger partial charge on any atom is -0.376 e. The fourth-order valence-electron chi connectivity index (χ4n) is 1.47. The maximum absolute atomic E-state index is 12.2. The summed E-state index contributed by atoms with van der Waals surface area (Å²) >= 11 is 5.72. The predicted octanol–water partition coefficient (Wildman–Crippen LogP) is 3.45. The van der Waals surface area contributed by atoms with Gasteiger partial charge in [-0.3, -0.25) is 0 Å². The van der Waals surface area contributed by atoms with E-state index in [4.69, 9.17) is 11.6 Å². The van der Waals surface area contributed by atoms with Gasteiger partial charge in [0.15, 0.2) is 0 Å². The molecule has 0 spiro atoms. The summed E-state index contributed by atoms with van der Waals surface area (Å²) in [6.07, 6.45) is 1.56. The van der Waals surface area contributed by atoms with Crippen molar-refractivity contribution in [2.24, 2.45) is 0 Å². The summed E-state index contributed by atoms with van der Waals surface area (Å²) in [5, 5.41) is 0.327. The van der Waals surface area contributed by atoms with Gasteiger partial charge in [-0.25, -0.2) is 0 Å². The number of alkyl halides is 3. The highest BCUT2D eigenvalue weighted by atomic mass is 35.5. The monoisotopic (exact) mass is 300 g/mol. The molecule has 0 atom stereocenters. The van der Waals surface area contributed by atoms with Crippen molar-refractivity contribution >= 4 is 21.7 Å². The fourth-order valence-corrected chi connectivity index (χ4v) is 2.14. The largest absolute Gasteiger partial charge is 0.534 e. The first-order valence-electron chi connectivity index (χ1n) is 5.01. The Morgan fingerprint density at radius 2 is 1.89 bits per heavy atom. The Labute approximate surface area is 107 Å². The standard InChI is InChI=1S/C10H8ClF3O3S/c11-7-3-4-9(8(5-7)6-1-2-6)17-18(15,16)10(12,13)14/h3-6H,1-2H2. The lowest BCUT2D eigenvalue weighted by atomic mass is 10.1. The van der Waals surface area contributed by atoms with Gasteiger partial charge in [-0.05, 0) is 37.0 Å². The summed E-state index contributed by atoms with van der Waals surface area (Å²) < 4.78 is 62.6. The van der Waals surface area contributed by atoms with Crippen LogP contribution in [0.3, 0.4) is 0 Å². The molecule has 0 unspecified atom stereocenters. The van der Waals surface area contributed by atoms with Crippen LogP contribution < -0.4 is 4.18 Å². The summed E-state index contributed by atoms with van der Waals surface area (Å²) in [4.78, 5) is 0. The number of hydrogen-bond donors (Lipinski definition) is 0. The molecular weight excluding hydrogens is 293 g/mol. The van der Waals surface area contributed by atoms with Gasteiger partial charge in [0.25, 0.3) is 0 Å². The second-order valence-electron chi connectivity index (χ2n) is 3.94. The van der Waals surface area contributed by atoms with Gasteiger partial charge in [0.05, 0.1) is 0 Å². The van der Waals surface area contributed by atoms with Gasteiger partial charge in [0, 0.05) is 10.6 Å². The van der Waals surface area contributed by atoms with E-state index in [2.05, 4.69) is 4.18 Å². The smallest absolute Gasteiger partial charge is 0.376 e. The van der Waals surface area contributed by atoms with Crippen LogP contribution in [-0.4, -0.2) is 13.9 Å². The third kappa shape index (κ3) is 2.72. The Morgan fingerprint density at radius 3 is 2.39 bits per heavy atom. The average Bonchev–Trinajstić information content (AvgIpc) is 3.02. The predicted molar refractivity (Wildman–Crippen MR) is 59.0 cm³/mol. The van der Waals surface area contributed by atoms with Crippen LogP contribution >= 0.6 is 11.6 Å². The molecule has 0 saturated heterocycles. The van der Waals surface area contributed by atoms with E-state index in [9.17, 15) is 21.6 Å². The van der Waals surface area contributed by atoms with Crippen LogP contribution in [0.2, 0.25) is 5.02 Å². The van der Waals surface area contributed by atoms with Crippen molar-refractivity contribution in [3.63, 3.8) is 0 Å². The lowest BCUT2D eigenvalue weighted by molar-refractivity contribution is -0.0500. The van der Waals surface area contributed by atoms with Gasteiger partial charge in [0.2, 0.25) is 0 Å². The summed E-state index contributed by atoms with van der Waals surface area (Å²) in [5.74, 6) is -0.290. The zero-order valence-electron chi connectivity index (χ0n) is 8.87. The van der Waals surface area contributed by atoms with Gasteiger partial charge in [-0.15, -0.1) is 0 Å².